The number of carbonyl (C=O) groups is 2. The minimum Gasteiger partial charge on any atom is -0.457 e. The van der Waals surface area contributed by atoms with Crippen molar-refractivity contribution in [2.45, 2.75) is 12.8 Å². The summed E-state index contributed by atoms with van der Waals surface area (Å²) in [6.45, 7) is 1.55. The Morgan fingerprint density at radius 2 is 1.84 bits per heavy atom. The number of hydrogen-bond donors (Lipinski definition) is 2. The Hall–Kier alpha value is -3.87. The van der Waals surface area contributed by atoms with Crippen molar-refractivity contribution >= 4 is 23.2 Å². The topological polar surface area (TPSA) is 70.7 Å². The molecule has 0 radical (unpaired) electrons. The van der Waals surface area contributed by atoms with Gasteiger partial charge in [-0.25, -0.2) is 4.39 Å². The molecule has 32 heavy (non-hydrogen) atoms. The molecule has 2 N–H and O–H groups in total. The van der Waals surface area contributed by atoms with E-state index in [0.29, 0.717) is 43.1 Å². The summed E-state index contributed by atoms with van der Waals surface area (Å²) in [5.41, 5.74) is 2.49. The SMILES string of the molecule is O=C1CN(c2ccccc2NC(=O)CCc2cccc(Oc3ccc(F)cc3)c2)CCN1. The lowest BCUT2D eigenvalue weighted by Crippen LogP contribution is -2.47. The molecule has 1 fully saturated rings. The third kappa shape index (κ3) is 5.63. The van der Waals surface area contributed by atoms with Crippen LogP contribution in [0.15, 0.2) is 72.8 Å². The number of piperazine rings is 1. The first-order valence-electron chi connectivity index (χ1n) is 10.5. The van der Waals surface area contributed by atoms with Crippen molar-refractivity contribution in [2.75, 3.05) is 29.9 Å². The van der Waals surface area contributed by atoms with E-state index in [1.807, 2.05) is 53.4 Å². The molecule has 6 nitrogen and oxygen atoms in total. The highest BCUT2D eigenvalue weighted by Gasteiger charge is 2.19. The molecule has 3 aromatic carbocycles. The highest BCUT2D eigenvalue weighted by Crippen LogP contribution is 2.27. The lowest BCUT2D eigenvalue weighted by atomic mass is 10.1. The third-order valence-electron chi connectivity index (χ3n) is 5.15. The number of amides is 2. The zero-order valence-corrected chi connectivity index (χ0v) is 17.5. The molecule has 1 aliphatic heterocycles. The van der Waals surface area contributed by atoms with E-state index in [4.69, 9.17) is 4.74 Å². The van der Waals surface area contributed by atoms with Crippen molar-refractivity contribution in [3.63, 3.8) is 0 Å². The molecule has 1 saturated heterocycles. The van der Waals surface area contributed by atoms with E-state index in [1.54, 1.807) is 12.1 Å². The Morgan fingerprint density at radius 1 is 1.03 bits per heavy atom. The Balaban J connectivity index is 1.36. The fraction of sp³-hybridized carbons (Fsp3) is 0.200. The summed E-state index contributed by atoms with van der Waals surface area (Å²) in [6.07, 6.45) is 0.843. The number of carbonyl (C=O) groups excluding carboxylic acids is 2. The van der Waals surface area contributed by atoms with Gasteiger partial charge in [0.2, 0.25) is 11.8 Å². The van der Waals surface area contributed by atoms with Gasteiger partial charge in [0.05, 0.1) is 17.9 Å². The number of nitrogens with zero attached hydrogens (tertiary/aromatic N) is 1. The quantitative estimate of drug-likeness (QED) is 0.588. The number of hydrogen-bond acceptors (Lipinski definition) is 4. The molecule has 164 valence electrons. The van der Waals surface area contributed by atoms with E-state index in [0.717, 1.165) is 11.3 Å². The van der Waals surface area contributed by atoms with Crippen LogP contribution >= 0.6 is 0 Å². The van der Waals surface area contributed by atoms with Crippen LogP contribution in [0.5, 0.6) is 11.5 Å². The molecular weight excluding hydrogens is 409 g/mol. The summed E-state index contributed by atoms with van der Waals surface area (Å²) in [5.74, 6) is 0.721. The van der Waals surface area contributed by atoms with Gasteiger partial charge in [-0.3, -0.25) is 9.59 Å². The summed E-state index contributed by atoms with van der Waals surface area (Å²) in [6, 6.07) is 20.8. The number of ether oxygens (including phenoxy) is 1. The second kappa shape index (κ2) is 9.96. The Kier molecular flexibility index (Phi) is 6.65. The number of rotatable bonds is 7. The van der Waals surface area contributed by atoms with Crippen LogP contribution in [0.2, 0.25) is 0 Å². The van der Waals surface area contributed by atoms with Gasteiger partial charge in [0.25, 0.3) is 0 Å². The molecule has 1 aliphatic rings. The van der Waals surface area contributed by atoms with Crippen LogP contribution in [0.4, 0.5) is 15.8 Å². The number of para-hydroxylation sites is 2. The maximum absolute atomic E-state index is 13.1. The molecule has 4 rings (SSSR count). The molecule has 1 heterocycles. The zero-order valence-electron chi connectivity index (χ0n) is 17.5. The van der Waals surface area contributed by atoms with Crippen LogP contribution in [-0.4, -0.2) is 31.4 Å². The van der Waals surface area contributed by atoms with Crippen LogP contribution < -0.4 is 20.3 Å². The first-order chi connectivity index (χ1) is 15.6. The van der Waals surface area contributed by atoms with Gasteiger partial charge in [-0.15, -0.1) is 0 Å². The van der Waals surface area contributed by atoms with Gasteiger partial charge in [-0.1, -0.05) is 24.3 Å². The number of nitrogens with one attached hydrogen (secondary N) is 2. The standard InChI is InChI=1S/C25H24FN3O3/c26-19-9-11-20(12-10-19)32-21-5-3-4-18(16-21)8-13-24(30)28-22-6-1-2-7-23(22)29-15-14-27-25(31)17-29/h1-7,9-12,16H,8,13-15,17H2,(H,27,31)(H,28,30). The first-order valence-corrected chi connectivity index (χ1v) is 10.5. The molecule has 0 saturated carbocycles. The van der Waals surface area contributed by atoms with Crippen LogP contribution in [-0.2, 0) is 16.0 Å². The molecule has 0 atom stereocenters. The summed E-state index contributed by atoms with van der Waals surface area (Å²) in [7, 11) is 0. The van der Waals surface area contributed by atoms with Crippen LogP contribution in [0, 0.1) is 5.82 Å². The third-order valence-corrected chi connectivity index (χ3v) is 5.15. The van der Waals surface area contributed by atoms with Gasteiger partial charge in [0.15, 0.2) is 0 Å². The fourth-order valence-corrected chi connectivity index (χ4v) is 3.57. The second-order valence-electron chi connectivity index (χ2n) is 7.54. The lowest BCUT2D eigenvalue weighted by Gasteiger charge is -2.30. The molecule has 0 aliphatic carbocycles. The van der Waals surface area contributed by atoms with Gasteiger partial charge in [0, 0.05) is 19.5 Å². The van der Waals surface area contributed by atoms with Crippen molar-refractivity contribution < 1.29 is 18.7 Å². The van der Waals surface area contributed by atoms with E-state index >= 15 is 0 Å². The van der Waals surface area contributed by atoms with Gasteiger partial charge >= 0.3 is 0 Å². The van der Waals surface area contributed by atoms with Crippen molar-refractivity contribution in [3.8, 4) is 11.5 Å². The van der Waals surface area contributed by atoms with E-state index in [-0.39, 0.29) is 24.2 Å². The van der Waals surface area contributed by atoms with Crippen molar-refractivity contribution in [2.24, 2.45) is 0 Å². The molecule has 3 aromatic rings. The Bertz CT molecular complexity index is 1100. The van der Waals surface area contributed by atoms with Crippen LogP contribution in [0.25, 0.3) is 0 Å². The minimum atomic E-state index is -0.317. The predicted octanol–water partition coefficient (Wildman–Crippen LogP) is 4.13. The highest BCUT2D eigenvalue weighted by atomic mass is 19.1. The number of aryl methyl sites for hydroxylation is 1. The molecular formula is C25H24FN3O3. The predicted molar refractivity (Wildman–Crippen MR) is 122 cm³/mol. The fourth-order valence-electron chi connectivity index (χ4n) is 3.57. The average Bonchev–Trinajstić information content (AvgIpc) is 2.80. The maximum Gasteiger partial charge on any atom is 0.239 e. The van der Waals surface area contributed by atoms with Gasteiger partial charge in [0.1, 0.15) is 17.3 Å². The van der Waals surface area contributed by atoms with Crippen molar-refractivity contribution in [3.05, 3.63) is 84.2 Å². The average molecular weight is 433 g/mol. The smallest absolute Gasteiger partial charge is 0.239 e. The second-order valence-corrected chi connectivity index (χ2v) is 7.54. The molecule has 0 aromatic heterocycles. The van der Waals surface area contributed by atoms with Crippen LogP contribution in [0.1, 0.15) is 12.0 Å². The van der Waals surface area contributed by atoms with Gasteiger partial charge < -0.3 is 20.3 Å². The van der Waals surface area contributed by atoms with E-state index in [9.17, 15) is 14.0 Å². The molecule has 0 bridgehead atoms. The molecule has 7 heteroatoms. The first kappa shape index (κ1) is 21.4. The Labute approximate surface area is 186 Å². The number of anilines is 2. The highest BCUT2D eigenvalue weighted by molar-refractivity contribution is 5.95. The van der Waals surface area contributed by atoms with Crippen LogP contribution in [0.3, 0.4) is 0 Å². The molecule has 0 unspecified atom stereocenters. The summed E-state index contributed by atoms with van der Waals surface area (Å²) in [4.78, 5) is 26.3. The summed E-state index contributed by atoms with van der Waals surface area (Å²) in [5, 5.41) is 5.78. The number of halogens is 1. The number of benzene rings is 3. The monoisotopic (exact) mass is 433 g/mol. The minimum absolute atomic E-state index is 0.0277. The zero-order chi connectivity index (χ0) is 22.3. The molecule has 2 amide bonds. The van der Waals surface area contributed by atoms with Crippen molar-refractivity contribution in [1.29, 1.82) is 0 Å². The Morgan fingerprint density at radius 3 is 2.66 bits per heavy atom. The largest absolute Gasteiger partial charge is 0.457 e. The summed E-state index contributed by atoms with van der Waals surface area (Å²) >= 11 is 0. The maximum atomic E-state index is 13.1. The summed E-state index contributed by atoms with van der Waals surface area (Å²) < 4.78 is 18.8. The normalized spacial score (nSPS) is 13.4. The van der Waals surface area contributed by atoms with Crippen molar-refractivity contribution in [1.82, 2.24) is 5.32 Å². The van der Waals surface area contributed by atoms with Gasteiger partial charge in [-0.05, 0) is 60.5 Å². The van der Waals surface area contributed by atoms with E-state index in [2.05, 4.69) is 10.6 Å². The molecule has 0 spiro atoms. The van der Waals surface area contributed by atoms with E-state index < -0.39 is 0 Å². The van der Waals surface area contributed by atoms with E-state index in [1.165, 1.54) is 12.1 Å². The lowest BCUT2D eigenvalue weighted by molar-refractivity contribution is -0.120. The van der Waals surface area contributed by atoms with Gasteiger partial charge in [-0.2, -0.15) is 0 Å².